The zero-order valence-electron chi connectivity index (χ0n) is 10.5. The molecule has 2 aromatic rings. The molecule has 1 aromatic carbocycles. The van der Waals surface area contributed by atoms with Crippen LogP contribution in [0.3, 0.4) is 0 Å². The third-order valence-electron chi connectivity index (χ3n) is 2.57. The molecule has 0 atom stereocenters. The van der Waals surface area contributed by atoms with Crippen molar-refractivity contribution in [2.75, 3.05) is 12.3 Å². The summed E-state index contributed by atoms with van der Waals surface area (Å²) >= 11 is 1.58. The molecule has 1 aromatic heterocycles. The summed E-state index contributed by atoms with van der Waals surface area (Å²) in [5.41, 5.74) is 7.32. The summed E-state index contributed by atoms with van der Waals surface area (Å²) in [6, 6.07) is 4.32. The Balaban J connectivity index is 1.92. The molecule has 0 saturated carbocycles. The highest BCUT2D eigenvalue weighted by Crippen LogP contribution is 2.18. The number of aromatic nitrogens is 1. The molecular formula is C13H15N3O2S. The predicted molar refractivity (Wildman–Crippen MR) is 75.4 cm³/mol. The zero-order valence-corrected chi connectivity index (χ0v) is 11.3. The van der Waals surface area contributed by atoms with Crippen LogP contribution in [0.25, 0.3) is 0 Å². The van der Waals surface area contributed by atoms with Crippen molar-refractivity contribution in [2.24, 2.45) is 0 Å². The van der Waals surface area contributed by atoms with E-state index in [1.165, 1.54) is 18.2 Å². The minimum absolute atomic E-state index is 0.0231. The van der Waals surface area contributed by atoms with Crippen LogP contribution in [-0.2, 0) is 6.42 Å². The van der Waals surface area contributed by atoms with E-state index in [1.807, 2.05) is 12.3 Å². The number of benzene rings is 1. The van der Waals surface area contributed by atoms with Gasteiger partial charge >= 0.3 is 0 Å². The van der Waals surface area contributed by atoms with Gasteiger partial charge in [-0.1, -0.05) is 0 Å². The molecule has 0 spiro atoms. The van der Waals surface area contributed by atoms with E-state index in [0.717, 1.165) is 10.7 Å². The molecule has 6 heteroatoms. The van der Waals surface area contributed by atoms with Crippen molar-refractivity contribution in [3.05, 3.63) is 39.8 Å². The fourth-order valence-electron chi connectivity index (χ4n) is 1.64. The van der Waals surface area contributed by atoms with Crippen molar-refractivity contribution in [1.29, 1.82) is 0 Å². The number of hydrogen-bond donors (Lipinski definition) is 3. The molecular weight excluding hydrogens is 262 g/mol. The molecule has 0 aliphatic carbocycles. The molecule has 2 rings (SSSR count). The number of hydrogen-bond acceptors (Lipinski definition) is 5. The highest BCUT2D eigenvalue weighted by Gasteiger charge is 2.10. The minimum atomic E-state index is -0.290. The number of nitrogen functional groups attached to an aromatic ring is 1. The molecule has 100 valence electrons. The largest absolute Gasteiger partial charge is 0.508 e. The van der Waals surface area contributed by atoms with Crippen LogP contribution in [0.2, 0.25) is 0 Å². The van der Waals surface area contributed by atoms with Gasteiger partial charge in [-0.2, -0.15) is 0 Å². The number of nitrogens with two attached hydrogens (primary N) is 1. The number of thiazole rings is 1. The Kier molecular flexibility index (Phi) is 4.01. The number of carbonyl (C=O) groups is 1. The van der Waals surface area contributed by atoms with Crippen LogP contribution >= 0.6 is 11.3 Å². The predicted octanol–water partition coefficient (Wildman–Crippen LogP) is 1.71. The van der Waals surface area contributed by atoms with Crippen molar-refractivity contribution >= 4 is 22.9 Å². The van der Waals surface area contributed by atoms with Gasteiger partial charge in [0.25, 0.3) is 5.91 Å². The SMILES string of the molecule is Cc1csc(CCNC(=O)c2cc(O)ccc2N)n1. The number of nitrogens with one attached hydrogen (secondary N) is 1. The van der Waals surface area contributed by atoms with E-state index in [9.17, 15) is 9.90 Å². The Morgan fingerprint density at radius 1 is 1.53 bits per heavy atom. The summed E-state index contributed by atoms with van der Waals surface area (Å²) in [7, 11) is 0. The van der Waals surface area contributed by atoms with Gasteiger partial charge in [0.2, 0.25) is 0 Å². The first kappa shape index (κ1) is 13.4. The van der Waals surface area contributed by atoms with Crippen LogP contribution in [0, 0.1) is 6.92 Å². The number of nitrogens with zero attached hydrogens (tertiary/aromatic N) is 1. The van der Waals surface area contributed by atoms with Crippen molar-refractivity contribution in [3.8, 4) is 5.75 Å². The molecule has 0 saturated heterocycles. The number of rotatable bonds is 4. The number of phenolic OH excluding ortho intramolecular Hbond substituents is 1. The average Bonchev–Trinajstić information content (AvgIpc) is 2.78. The smallest absolute Gasteiger partial charge is 0.253 e. The van der Waals surface area contributed by atoms with E-state index in [4.69, 9.17) is 5.73 Å². The van der Waals surface area contributed by atoms with Gasteiger partial charge < -0.3 is 16.2 Å². The van der Waals surface area contributed by atoms with Crippen molar-refractivity contribution < 1.29 is 9.90 Å². The third-order valence-corrected chi connectivity index (χ3v) is 3.60. The summed E-state index contributed by atoms with van der Waals surface area (Å²) in [4.78, 5) is 16.2. The lowest BCUT2D eigenvalue weighted by atomic mass is 10.1. The van der Waals surface area contributed by atoms with Crippen LogP contribution in [0.1, 0.15) is 21.1 Å². The highest BCUT2D eigenvalue weighted by molar-refractivity contribution is 7.09. The molecule has 19 heavy (non-hydrogen) atoms. The fraction of sp³-hybridized carbons (Fsp3) is 0.231. The van der Waals surface area contributed by atoms with Crippen LogP contribution in [-0.4, -0.2) is 22.5 Å². The topological polar surface area (TPSA) is 88.2 Å². The van der Waals surface area contributed by atoms with Gasteiger partial charge in [-0.25, -0.2) is 4.98 Å². The lowest BCUT2D eigenvalue weighted by Gasteiger charge is -2.07. The molecule has 0 aliphatic heterocycles. The normalized spacial score (nSPS) is 10.4. The highest BCUT2D eigenvalue weighted by atomic mass is 32.1. The monoisotopic (exact) mass is 277 g/mol. The number of carbonyl (C=O) groups excluding carboxylic acids is 1. The molecule has 0 unspecified atom stereocenters. The van der Waals surface area contributed by atoms with Crippen LogP contribution in [0.15, 0.2) is 23.6 Å². The number of anilines is 1. The Morgan fingerprint density at radius 2 is 2.32 bits per heavy atom. The zero-order chi connectivity index (χ0) is 13.8. The number of aryl methyl sites for hydroxylation is 1. The summed E-state index contributed by atoms with van der Waals surface area (Å²) in [6.07, 6.45) is 0.683. The fourth-order valence-corrected chi connectivity index (χ4v) is 2.41. The Morgan fingerprint density at radius 3 is 3.00 bits per heavy atom. The maximum Gasteiger partial charge on any atom is 0.253 e. The third kappa shape index (κ3) is 3.45. The van der Waals surface area contributed by atoms with Gasteiger partial charge in [0.1, 0.15) is 5.75 Å². The summed E-state index contributed by atoms with van der Waals surface area (Å²) < 4.78 is 0. The lowest BCUT2D eigenvalue weighted by Crippen LogP contribution is -2.26. The first-order valence-electron chi connectivity index (χ1n) is 5.84. The molecule has 1 amide bonds. The van der Waals surface area contributed by atoms with E-state index in [1.54, 1.807) is 11.3 Å². The first-order valence-corrected chi connectivity index (χ1v) is 6.72. The molecule has 0 radical (unpaired) electrons. The second-order valence-corrected chi connectivity index (χ2v) is 5.10. The van der Waals surface area contributed by atoms with E-state index < -0.39 is 0 Å². The Bertz CT molecular complexity index is 595. The quantitative estimate of drug-likeness (QED) is 0.586. The van der Waals surface area contributed by atoms with E-state index >= 15 is 0 Å². The molecule has 0 bridgehead atoms. The second kappa shape index (κ2) is 5.71. The molecule has 0 fully saturated rings. The van der Waals surface area contributed by atoms with Gasteiger partial charge in [-0.15, -0.1) is 11.3 Å². The van der Waals surface area contributed by atoms with E-state index in [-0.39, 0.29) is 17.2 Å². The Labute approximate surface area is 115 Å². The maximum atomic E-state index is 11.9. The van der Waals surface area contributed by atoms with E-state index in [0.29, 0.717) is 18.7 Å². The van der Waals surface area contributed by atoms with Gasteiger partial charge in [0.05, 0.1) is 10.6 Å². The van der Waals surface area contributed by atoms with Crippen LogP contribution in [0.5, 0.6) is 5.75 Å². The maximum absolute atomic E-state index is 11.9. The van der Waals surface area contributed by atoms with Gasteiger partial charge in [0, 0.05) is 29.7 Å². The summed E-state index contributed by atoms with van der Waals surface area (Å²) in [5, 5.41) is 15.1. The summed E-state index contributed by atoms with van der Waals surface area (Å²) in [5.74, 6) is -0.267. The molecule has 5 nitrogen and oxygen atoms in total. The molecule has 0 aliphatic rings. The standard InChI is InChI=1S/C13H15N3O2S/c1-8-7-19-12(16-8)4-5-15-13(18)10-6-9(17)2-3-11(10)14/h2-3,6-7,17H,4-5,14H2,1H3,(H,15,18). The van der Waals surface area contributed by atoms with Crippen LogP contribution < -0.4 is 11.1 Å². The van der Waals surface area contributed by atoms with Gasteiger partial charge in [-0.3, -0.25) is 4.79 Å². The van der Waals surface area contributed by atoms with Crippen molar-refractivity contribution in [3.63, 3.8) is 0 Å². The lowest BCUT2D eigenvalue weighted by molar-refractivity contribution is 0.0954. The summed E-state index contributed by atoms with van der Waals surface area (Å²) in [6.45, 7) is 2.42. The Hall–Kier alpha value is -2.08. The van der Waals surface area contributed by atoms with Crippen molar-refractivity contribution in [2.45, 2.75) is 13.3 Å². The molecule has 4 N–H and O–H groups in total. The minimum Gasteiger partial charge on any atom is -0.508 e. The second-order valence-electron chi connectivity index (χ2n) is 4.16. The number of amides is 1. The van der Waals surface area contributed by atoms with Crippen LogP contribution in [0.4, 0.5) is 5.69 Å². The van der Waals surface area contributed by atoms with Gasteiger partial charge in [0.15, 0.2) is 0 Å². The van der Waals surface area contributed by atoms with Crippen molar-refractivity contribution in [1.82, 2.24) is 10.3 Å². The average molecular weight is 277 g/mol. The number of aromatic hydroxyl groups is 1. The molecule has 1 heterocycles. The van der Waals surface area contributed by atoms with Gasteiger partial charge in [-0.05, 0) is 25.1 Å². The first-order chi connectivity index (χ1) is 9.06. The number of phenols is 1. The van der Waals surface area contributed by atoms with E-state index in [2.05, 4.69) is 10.3 Å².